The maximum Gasteiger partial charge on any atom is 0.314 e. The van der Waals surface area contributed by atoms with Crippen molar-refractivity contribution in [1.82, 2.24) is 0 Å². The van der Waals surface area contributed by atoms with Crippen LogP contribution in [0.2, 0.25) is 0 Å². The Kier molecular flexibility index (Phi) is 2.06. The number of carboxylic acid groups (broad SMARTS) is 1. The molecule has 0 radical (unpaired) electrons. The monoisotopic (exact) mass is 260 g/mol. The van der Waals surface area contributed by atoms with Crippen molar-refractivity contribution in [2.45, 2.75) is 46.0 Å². The SMILES string of the molecule is C=C1C(C)(C)C1(C(=O)O)C1C2CC3CC(C2)CC1C3. The first kappa shape index (κ1) is 12.0. The van der Waals surface area contributed by atoms with E-state index >= 15 is 0 Å². The lowest BCUT2D eigenvalue weighted by Crippen LogP contribution is -2.51. The molecule has 104 valence electrons. The normalized spacial score (nSPS) is 53.4. The number of hydrogen-bond acceptors (Lipinski definition) is 1. The van der Waals surface area contributed by atoms with Crippen molar-refractivity contribution >= 4 is 5.97 Å². The zero-order valence-corrected chi connectivity index (χ0v) is 12.0. The van der Waals surface area contributed by atoms with Crippen molar-refractivity contribution in [2.24, 2.45) is 40.4 Å². The second-order valence-electron chi connectivity index (χ2n) is 8.17. The zero-order chi connectivity index (χ0) is 13.6. The standard InChI is InChI=1S/C17H24O2/c1-9-16(2,3)17(9,15(18)19)14-12-5-10-4-11(7-12)8-13(14)6-10/h10-14H,1,4-8H2,2-3H3,(H,18,19). The molecule has 0 aromatic heterocycles. The van der Waals surface area contributed by atoms with Crippen molar-refractivity contribution in [3.63, 3.8) is 0 Å². The topological polar surface area (TPSA) is 37.3 Å². The molecule has 5 aliphatic rings. The third kappa shape index (κ3) is 1.18. The van der Waals surface area contributed by atoms with E-state index in [0.29, 0.717) is 17.8 Å². The first-order chi connectivity index (χ1) is 8.89. The van der Waals surface area contributed by atoms with E-state index in [1.807, 2.05) is 0 Å². The van der Waals surface area contributed by atoms with E-state index in [-0.39, 0.29) is 5.41 Å². The summed E-state index contributed by atoms with van der Waals surface area (Å²) in [7, 11) is 0. The quantitative estimate of drug-likeness (QED) is 0.768. The van der Waals surface area contributed by atoms with Gasteiger partial charge in [0.25, 0.3) is 0 Å². The van der Waals surface area contributed by atoms with Gasteiger partial charge in [-0.1, -0.05) is 26.0 Å². The number of hydrogen-bond donors (Lipinski definition) is 1. The van der Waals surface area contributed by atoms with E-state index in [2.05, 4.69) is 20.4 Å². The van der Waals surface area contributed by atoms with Crippen LogP contribution in [0.25, 0.3) is 0 Å². The van der Waals surface area contributed by atoms with Gasteiger partial charge < -0.3 is 5.11 Å². The predicted octanol–water partition coefficient (Wildman–Crippen LogP) is 3.73. The van der Waals surface area contributed by atoms with Gasteiger partial charge in [0.1, 0.15) is 5.41 Å². The molecule has 0 saturated heterocycles. The Bertz CT molecular complexity index is 448. The van der Waals surface area contributed by atoms with Crippen LogP contribution in [0.1, 0.15) is 46.0 Å². The molecule has 5 fully saturated rings. The minimum atomic E-state index is -0.602. The molecule has 1 atom stereocenters. The zero-order valence-electron chi connectivity index (χ0n) is 12.0. The number of aliphatic carboxylic acids is 1. The van der Waals surface area contributed by atoms with E-state index in [9.17, 15) is 9.90 Å². The van der Waals surface area contributed by atoms with E-state index in [1.54, 1.807) is 0 Å². The lowest BCUT2D eigenvalue weighted by atomic mass is 9.48. The van der Waals surface area contributed by atoms with Crippen LogP contribution in [0.5, 0.6) is 0 Å². The van der Waals surface area contributed by atoms with Gasteiger partial charge in [-0.2, -0.15) is 0 Å². The van der Waals surface area contributed by atoms with Gasteiger partial charge in [0.05, 0.1) is 0 Å². The maximum absolute atomic E-state index is 12.1. The molecule has 2 heteroatoms. The highest BCUT2D eigenvalue weighted by atomic mass is 16.4. The van der Waals surface area contributed by atoms with Gasteiger partial charge in [0, 0.05) is 5.41 Å². The van der Waals surface area contributed by atoms with Crippen LogP contribution in [0.15, 0.2) is 12.2 Å². The smallest absolute Gasteiger partial charge is 0.314 e. The summed E-state index contributed by atoms with van der Waals surface area (Å²) < 4.78 is 0. The van der Waals surface area contributed by atoms with Gasteiger partial charge in [-0.05, 0) is 61.7 Å². The summed E-state index contributed by atoms with van der Waals surface area (Å²) in [6, 6.07) is 0. The van der Waals surface area contributed by atoms with Gasteiger partial charge >= 0.3 is 5.97 Å². The third-order valence-electron chi connectivity index (χ3n) is 7.22. The van der Waals surface area contributed by atoms with Crippen LogP contribution >= 0.6 is 0 Å². The summed E-state index contributed by atoms with van der Waals surface area (Å²) in [4.78, 5) is 12.1. The molecule has 5 rings (SSSR count). The minimum Gasteiger partial charge on any atom is -0.481 e. The molecule has 0 heterocycles. The number of rotatable bonds is 2. The molecule has 0 spiro atoms. The third-order valence-corrected chi connectivity index (χ3v) is 7.22. The second kappa shape index (κ2) is 3.27. The van der Waals surface area contributed by atoms with Crippen molar-refractivity contribution in [2.75, 3.05) is 0 Å². The molecule has 0 aromatic rings. The van der Waals surface area contributed by atoms with Gasteiger partial charge in [0.2, 0.25) is 0 Å². The van der Waals surface area contributed by atoms with Crippen LogP contribution < -0.4 is 0 Å². The van der Waals surface area contributed by atoms with Gasteiger partial charge in [-0.15, -0.1) is 0 Å². The van der Waals surface area contributed by atoms with E-state index < -0.39 is 11.4 Å². The van der Waals surface area contributed by atoms with E-state index in [4.69, 9.17) is 0 Å². The molecule has 0 aliphatic heterocycles. The fourth-order valence-electron chi connectivity index (χ4n) is 6.57. The molecule has 1 unspecified atom stereocenters. The number of carboxylic acids is 1. The van der Waals surface area contributed by atoms with Crippen LogP contribution in [-0.4, -0.2) is 11.1 Å². The van der Waals surface area contributed by atoms with Crippen LogP contribution in [0.4, 0.5) is 0 Å². The molecule has 0 aromatic carbocycles. The molecule has 19 heavy (non-hydrogen) atoms. The molecular weight excluding hydrogens is 236 g/mol. The highest BCUT2D eigenvalue weighted by molar-refractivity contribution is 5.88. The Morgan fingerprint density at radius 2 is 1.53 bits per heavy atom. The van der Waals surface area contributed by atoms with Gasteiger partial charge in [-0.3, -0.25) is 4.79 Å². The number of carbonyl (C=O) groups is 1. The Hall–Kier alpha value is -0.790. The highest BCUT2D eigenvalue weighted by Crippen LogP contribution is 2.77. The Balaban J connectivity index is 1.76. The van der Waals surface area contributed by atoms with Gasteiger partial charge in [-0.25, -0.2) is 0 Å². The highest BCUT2D eigenvalue weighted by Gasteiger charge is 2.77. The summed E-state index contributed by atoms with van der Waals surface area (Å²) in [6.45, 7) is 8.33. The van der Waals surface area contributed by atoms with Crippen molar-refractivity contribution in [3.05, 3.63) is 12.2 Å². The fraction of sp³-hybridized carbons (Fsp3) is 0.824. The Morgan fingerprint density at radius 3 is 1.84 bits per heavy atom. The Morgan fingerprint density at radius 1 is 1.11 bits per heavy atom. The average molecular weight is 260 g/mol. The molecule has 5 aliphatic carbocycles. The summed E-state index contributed by atoms with van der Waals surface area (Å²) in [5, 5.41) is 9.93. The van der Waals surface area contributed by atoms with Crippen LogP contribution in [-0.2, 0) is 4.79 Å². The van der Waals surface area contributed by atoms with Gasteiger partial charge in [0.15, 0.2) is 0 Å². The summed E-state index contributed by atoms with van der Waals surface area (Å²) >= 11 is 0. The lowest BCUT2D eigenvalue weighted by Gasteiger charge is -2.56. The molecule has 5 saturated carbocycles. The van der Waals surface area contributed by atoms with E-state index in [1.165, 1.54) is 32.1 Å². The van der Waals surface area contributed by atoms with Crippen LogP contribution in [0.3, 0.4) is 0 Å². The molecule has 1 N–H and O–H groups in total. The van der Waals surface area contributed by atoms with Crippen LogP contribution in [0, 0.1) is 40.4 Å². The van der Waals surface area contributed by atoms with Crippen molar-refractivity contribution < 1.29 is 9.90 Å². The largest absolute Gasteiger partial charge is 0.481 e. The maximum atomic E-state index is 12.1. The summed E-state index contributed by atoms with van der Waals surface area (Å²) in [5.74, 6) is 2.90. The first-order valence-corrected chi connectivity index (χ1v) is 7.82. The van der Waals surface area contributed by atoms with Crippen molar-refractivity contribution in [1.29, 1.82) is 0 Å². The van der Waals surface area contributed by atoms with E-state index in [0.717, 1.165) is 17.4 Å². The van der Waals surface area contributed by atoms with Crippen molar-refractivity contribution in [3.8, 4) is 0 Å². The predicted molar refractivity (Wildman–Crippen MR) is 73.5 cm³/mol. The molecule has 4 bridgehead atoms. The lowest BCUT2D eigenvalue weighted by molar-refractivity contribution is -0.156. The fourth-order valence-corrected chi connectivity index (χ4v) is 6.57. The summed E-state index contributed by atoms with van der Waals surface area (Å²) in [6.07, 6.45) is 6.57. The summed E-state index contributed by atoms with van der Waals surface area (Å²) in [5.41, 5.74) is 0.194. The molecule has 2 nitrogen and oxygen atoms in total. The molecular formula is C17H24O2. The average Bonchev–Trinajstić information content (AvgIpc) is 2.74. The Labute approximate surface area is 115 Å². The minimum absolute atomic E-state index is 0.196. The first-order valence-electron chi connectivity index (χ1n) is 7.82. The molecule has 0 amide bonds. The second-order valence-corrected chi connectivity index (χ2v) is 8.17.